The van der Waals surface area contributed by atoms with E-state index in [4.69, 9.17) is 28.2 Å². The molecule has 27 heteroatoms. The van der Waals surface area contributed by atoms with Crippen molar-refractivity contribution in [2.24, 2.45) is 5.73 Å². The van der Waals surface area contributed by atoms with Gasteiger partial charge in [-0.3, -0.25) is 33.6 Å². The summed E-state index contributed by atoms with van der Waals surface area (Å²) in [6.45, 7) is -0.606. The van der Waals surface area contributed by atoms with Gasteiger partial charge in [0.15, 0.2) is 5.11 Å². The molecule has 25 nitrogen and oxygen atoms in total. The van der Waals surface area contributed by atoms with Gasteiger partial charge in [-0.1, -0.05) is 30.3 Å². The Morgan fingerprint density at radius 2 is 1.00 bits per heavy atom. The standard InChI is InChI=1S/C35H48N8O17S2/c36-17(28(50)40-22(13-27(48)49)30(52)41-23(15-61)34(59)60)14-37-29(51)21(12-16-4-2-1-3-5-16)39-25(45)9-6-18(31(53)54)38-24(44)10-7-19(32(55)56)42-35(62)43-20(33(57)58)8-11-26(46)47/h1-5,17-23,61H,6-15,36H2,(H,37,51)(H,38,44)(H,39,45)(H,40,50)(H,41,52)(H,46,47)(H,48,49)(H,53,54)(H,55,56)(H,57,58)(H,59,60)(H2,42,43,62). The Bertz CT molecular complexity index is 1820. The van der Waals surface area contributed by atoms with Gasteiger partial charge in [0, 0.05) is 38.0 Å². The van der Waals surface area contributed by atoms with Gasteiger partial charge in [-0.2, -0.15) is 12.6 Å². The van der Waals surface area contributed by atoms with Gasteiger partial charge in [0.05, 0.1) is 6.42 Å². The molecule has 0 heterocycles. The highest BCUT2D eigenvalue weighted by Gasteiger charge is 2.31. The maximum absolute atomic E-state index is 13.3. The number of carbonyl (C=O) groups is 11. The van der Waals surface area contributed by atoms with Crippen molar-refractivity contribution in [2.45, 2.75) is 93.7 Å². The topological polar surface area (TPSA) is 419 Å². The molecule has 0 saturated carbocycles. The van der Waals surface area contributed by atoms with Gasteiger partial charge in [0.2, 0.25) is 29.5 Å². The molecular formula is C35H48N8O17S2. The molecule has 62 heavy (non-hydrogen) atoms. The number of carbonyl (C=O) groups excluding carboxylic acids is 5. The number of benzene rings is 1. The molecule has 1 aromatic rings. The van der Waals surface area contributed by atoms with Crippen LogP contribution in [0.2, 0.25) is 0 Å². The number of thiol groups is 1. The van der Waals surface area contributed by atoms with Crippen molar-refractivity contribution in [2.75, 3.05) is 12.3 Å². The summed E-state index contributed by atoms with van der Waals surface area (Å²) in [5.74, 6) is -14.1. The van der Waals surface area contributed by atoms with E-state index in [0.29, 0.717) is 5.56 Å². The number of hydrogen-bond acceptors (Lipinski definition) is 14. The van der Waals surface area contributed by atoms with Crippen molar-refractivity contribution < 1.29 is 83.4 Å². The van der Waals surface area contributed by atoms with Crippen LogP contribution >= 0.6 is 24.8 Å². The van der Waals surface area contributed by atoms with Crippen LogP contribution in [-0.4, -0.2) is 156 Å². The second-order valence-electron chi connectivity index (χ2n) is 13.3. The lowest BCUT2D eigenvalue weighted by Crippen LogP contribution is -2.58. The van der Waals surface area contributed by atoms with Crippen molar-refractivity contribution in [1.29, 1.82) is 0 Å². The molecular weight excluding hydrogens is 869 g/mol. The average molecular weight is 917 g/mol. The third-order valence-electron chi connectivity index (χ3n) is 8.38. The highest BCUT2D eigenvalue weighted by Crippen LogP contribution is 2.07. The predicted molar refractivity (Wildman–Crippen MR) is 217 cm³/mol. The Hall–Kier alpha value is -6.61. The molecule has 0 bridgehead atoms. The van der Waals surface area contributed by atoms with Gasteiger partial charge in [0.1, 0.15) is 42.3 Å². The van der Waals surface area contributed by atoms with Gasteiger partial charge in [-0.05, 0) is 37.0 Å². The van der Waals surface area contributed by atoms with E-state index >= 15 is 0 Å². The quantitative estimate of drug-likeness (QED) is 0.0269. The van der Waals surface area contributed by atoms with Gasteiger partial charge in [-0.25, -0.2) is 19.2 Å². The zero-order chi connectivity index (χ0) is 47.1. The number of carboxylic acid groups (broad SMARTS) is 6. The summed E-state index contributed by atoms with van der Waals surface area (Å²) in [5.41, 5.74) is 6.43. The summed E-state index contributed by atoms with van der Waals surface area (Å²) in [7, 11) is 0. The molecule has 0 fully saturated rings. The summed E-state index contributed by atoms with van der Waals surface area (Å²) < 4.78 is 0. The first kappa shape index (κ1) is 53.4. The molecule has 7 unspecified atom stereocenters. The third-order valence-corrected chi connectivity index (χ3v) is 8.98. The molecule has 0 aliphatic rings. The van der Waals surface area contributed by atoms with E-state index in [1.54, 1.807) is 30.3 Å². The van der Waals surface area contributed by atoms with Crippen LogP contribution in [0.15, 0.2) is 30.3 Å². The lowest BCUT2D eigenvalue weighted by molar-refractivity contribution is -0.143. The molecule has 0 aliphatic heterocycles. The SMILES string of the molecule is NC(CNC(=O)C(Cc1ccccc1)NC(=O)CCC(NC(=O)CCC(NC(=S)NC(CCC(=O)O)C(=O)O)C(=O)O)C(=O)O)C(=O)NC(CC(=O)O)C(=O)NC(CS)C(=O)O. The summed E-state index contributed by atoms with van der Waals surface area (Å²) in [4.78, 5) is 133. The Kier molecular flexibility index (Phi) is 23.5. The van der Waals surface area contributed by atoms with Crippen LogP contribution in [0.3, 0.4) is 0 Å². The number of thiocarbonyl (C=S) groups is 1. The molecule has 0 saturated heterocycles. The van der Waals surface area contributed by atoms with Crippen LogP contribution in [0, 0.1) is 0 Å². The maximum atomic E-state index is 13.3. The summed E-state index contributed by atoms with van der Waals surface area (Å²) in [6, 6.07) is -2.71. The smallest absolute Gasteiger partial charge is 0.327 e. The van der Waals surface area contributed by atoms with Gasteiger partial charge in [0.25, 0.3) is 0 Å². The summed E-state index contributed by atoms with van der Waals surface area (Å²) >= 11 is 8.74. The normalized spacial score (nSPS) is 14.0. The van der Waals surface area contributed by atoms with Crippen LogP contribution in [-0.2, 0) is 59.2 Å². The summed E-state index contributed by atoms with van der Waals surface area (Å²) in [5, 5.41) is 70.9. The Labute approximate surface area is 362 Å². The van der Waals surface area contributed by atoms with Crippen molar-refractivity contribution in [1.82, 2.24) is 37.2 Å². The zero-order valence-corrected chi connectivity index (χ0v) is 34.3. The number of nitrogens with two attached hydrogens (primary N) is 1. The zero-order valence-electron chi connectivity index (χ0n) is 32.6. The molecule has 5 amide bonds. The predicted octanol–water partition coefficient (Wildman–Crippen LogP) is -4.02. The summed E-state index contributed by atoms with van der Waals surface area (Å²) in [6.07, 6.45) is -4.14. The molecule has 0 radical (unpaired) electrons. The van der Waals surface area contributed by atoms with E-state index in [9.17, 15) is 73.2 Å². The molecule has 1 rings (SSSR count). The molecule has 342 valence electrons. The highest BCUT2D eigenvalue weighted by molar-refractivity contribution is 7.80. The molecule has 0 aromatic heterocycles. The minimum atomic E-state index is -1.77. The number of amides is 5. The van der Waals surface area contributed by atoms with Crippen molar-refractivity contribution >= 4 is 95.3 Å². The minimum Gasteiger partial charge on any atom is -0.481 e. The van der Waals surface area contributed by atoms with Crippen LogP contribution < -0.4 is 43.0 Å². The number of nitrogens with one attached hydrogen (secondary N) is 7. The second-order valence-corrected chi connectivity index (χ2v) is 14.0. The molecule has 7 atom stereocenters. The average Bonchev–Trinajstić information content (AvgIpc) is 3.19. The fraction of sp³-hybridized carbons (Fsp3) is 0.486. The largest absolute Gasteiger partial charge is 0.481 e. The van der Waals surface area contributed by atoms with Crippen LogP contribution in [0.5, 0.6) is 0 Å². The molecule has 0 spiro atoms. The maximum Gasteiger partial charge on any atom is 0.327 e. The molecule has 0 aliphatic carbocycles. The fourth-order valence-electron chi connectivity index (χ4n) is 5.09. The third kappa shape index (κ3) is 21.1. The number of hydrogen-bond donors (Lipinski definition) is 15. The lowest BCUT2D eigenvalue weighted by Gasteiger charge is -2.23. The van der Waals surface area contributed by atoms with Gasteiger partial charge >= 0.3 is 35.8 Å². The van der Waals surface area contributed by atoms with Gasteiger partial charge < -0.3 is 73.6 Å². The highest BCUT2D eigenvalue weighted by atomic mass is 32.1. The first-order chi connectivity index (χ1) is 29.0. The van der Waals surface area contributed by atoms with Crippen molar-refractivity contribution in [3.63, 3.8) is 0 Å². The van der Waals surface area contributed by atoms with E-state index in [-0.39, 0.29) is 12.2 Å². The first-order valence-corrected chi connectivity index (χ1v) is 19.4. The Morgan fingerprint density at radius 3 is 1.45 bits per heavy atom. The first-order valence-electron chi connectivity index (χ1n) is 18.3. The van der Waals surface area contributed by atoms with E-state index < -0.39 is 164 Å². The second kappa shape index (κ2) is 27.3. The molecule has 15 N–H and O–H groups in total. The monoisotopic (exact) mass is 916 g/mol. The van der Waals surface area contributed by atoms with E-state index in [0.717, 1.165) is 0 Å². The molecule has 1 aromatic carbocycles. The fourth-order valence-corrected chi connectivity index (χ4v) is 5.62. The lowest BCUT2D eigenvalue weighted by atomic mass is 10.0. The van der Waals surface area contributed by atoms with Crippen LogP contribution in [0.4, 0.5) is 0 Å². The van der Waals surface area contributed by atoms with Crippen molar-refractivity contribution in [3.8, 4) is 0 Å². The van der Waals surface area contributed by atoms with E-state index in [2.05, 4.69) is 44.5 Å². The van der Waals surface area contributed by atoms with Crippen LogP contribution in [0.1, 0.15) is 50.5 Å². The van der Waals surface area contributed by atoms with Crippen molar-refractivity contribution in [3.05, 3.63) is 35.9 Å². The van der Waals surface area contributed by atoms with E-state index in [1.807, 2.05) is 5.32 Å². The Morgan fingerprint density at radius 1 is 0.548 bits per heavy atom. The number of rotatable bonds is 29. The number of carboxylic acids is 6. The van der Waals surface area contributed by atoms with Crippen LogP contribution in [0.25, 0.3) is 0 Å². The number of aliphatic carboxylic acids is 6. The minimum absolute atomic E-state index is 0.118. The van der Waals surface area contributed by atoms with Gasteiger partial charge in [-0.15, -0.1) is 0 Å². The Balaban J connectivity index is 2.91. The van der Waals surface area contributed by atoms with E-state index in [1.165, 1.54) is 0 Å².